The summed E-state index contributed by atoms with van der Waals surface area (Å²) in [7, 11) is 0. The second-order valence-electron chi connectivity index (χ2n) is 9.44. The van der Waals surface area contributed by atoms with Crippen LogP contribution in [0.4, 0.5) is 13.2 Å². The maximum absolute atomic E-state index is 12.7. The van der Waals surface area contributed by atoms with Gasteiger partial charge in [-0.05, 0) is 69.6 Å². The van der Waals surface area contributed by atoms with Crippen molar-refractivity contribution in [3.63, 3.8) is 0 Å². The van der Waals surface area contributed by atoms with E-state index in [1.165, 1.54) is 12.1 Å². The quantitative estimate of drug-likeness (QED) is 0.215. The molecule has 3 N–H and O–H groups in total. The fourth-order valence-electron chi connectivity index (χ4n) is 4.29. The summed E-state index contributed by atoms with van der Waals surface area (Å²) in [5, 5.41) is 31.0. The summed E-state index contributed by atoms with van der Waals surface area (Å²) in [6.07, 6.45) is 3.84. The summed E-state index contributed by atoms with van der Waals surface area (Å²) < 4.78 is 43.1. The zero-order valence-electron chi connectivity index (χ0n) is 20.3. The Bertz CT molecular complexity index is 832. The van der Waals surface area contributed by atoms with Crippen LogP contribution in [0.5, 0.6) is 0 Å². The highest BCUT2D eigenvalue weighted by molar-refractivity contribution is 5.69. The number of rotatable bonds is 12. The van der Waals surface area contributed by atoms with Gasteiger partial charge >= 0.3 is 12.1 Å². The van der Waals surface area contributed by atoms with Gasteiger partial charge in [0.2, 0.25) is 0 Å². The second kappa shape index (κ2) is 13.8. The summed E-state index contributed by atoms with van der Waals surface area (Å²) in [4.78, 5) is 11.5. The zero-order chi connectivity index (χ0) is 26.0. The third-order valence-electron chi connectivity index (χ3n) is 6.18. The minimum atomic E-state index is -4.37. The van der Waals surface area contributed by atoms with Crippen LogP contribution in [0.25, 0.3) is 0 Å². The average Bonchev–Trinajstić information content (AvgIpc) is 3.04. The number of aliphatic hydroxyl groups is 3. The van der Waals surface area contributed by atoms with Crippen molar-refractivity contribution in [2.24, 2.45) is 11.8 Å². The van der Waals surface area contributed by atoms with E-state index >= 15 is 0 Å². The number of benzene rings is 1. The molecule has 2 rings (SSSR count). The van der Waals surface area contributed by atoms with Crippen LogP contribution in [0, 0.1) is 11.8 Å². The smallest absolute Gasteiger partial charge is 0.416 e. The highest BCUT2D eigenvalue weighted by Gasteiger charge is 2.39. The molecule has 8 heteroatoms. The van der Waals surface area contributed by atoms with E-state index in [4.69, 9.17) is 4.74 Å². The van der Waals surface area contributed by atoms with Crippen LogP contribution in [-0.2, 0) is 22.1 Å². The summed E-state index contributed by atoms with van der Waals surface area (Å²) >= 11 is 0. The van der Waals surface area contributed by atoms with E-state index in [2.05, 4.69) is 0 Å². The van der Waals surface area contributed by atoms with E-state index in [1.807, 2.05) is 26.0 Å². The molecule has 1 saturated carbocycles. The van der Waals surface area contributed by atoms with Gasteiger partial charge in [0.15, 0.2) is 0 Å². The predicted molar refractivity (Wildman–Crippen MR) is 127 cm³/mol. The molecule has 5 nitrogen and oxygen atoms in total. The lowest BCUT2D eigenvalue weighted by Crippen LogP contribution is -2.20. The first kappa shape index (κ1) is 29.1. The van der Waals surface area contributed by atoms with Gasteiger partial charge in [-0.2, -0.15) is 13.2 Å². The number of unbranched alkanes of at least 4 members (excludes halogenated alkanes) is 1. The minimum Gasteiger partial charge on any atom is -0.463 e. The Morgan fingerprint density at radius 1 is 1.14 bits per heavy atom. The molecule has 0 saturated heterocycles. The van der Waals surface area contributed by atoms with E-state index in [0.29, 0.717) is 44.1 Å². The number of carbonyl (C=O) groups excluding carboxylic acids is 1. The van der Waals surface area contributed by atoms with Gasteiger partial charge in [-0.15, -0.1) is 0 Å². The van der Waals surface area contributed by atoms with Crippen LogP contribution in [0.3, 0.4) is 0 Å². The van der Waals surface area contributed by atoms with Crippen molar-refractivity contribution in [3.8, 4) is 0 Å². The molecule has 0 heterocycles. The van der Waals surface area contributed by atoms with Gasteiger partial charge in [0.1, 0.15) is 0 Å². The molecular weight excluding hydrogens is 461 g/mol. The molecule has 3 unspecified atom stereocenters. The van der Waals surface area contributed by atoms with Crippen molar-refractivity contribution < 1.29 is 38.0 Å². The number of allylic oxidation sites excluding steroid dienone is 2. The summed E-state index contributed by atoms with van der Waals surface area (Å²) in [6, 6.07) is 4.88. The second-order valence-corrected chi connectivity index (χ2v) is 9.44. The summed E-state index contributed by atoms with van der Waals surface area (Å²) in [5.41, 5.74) is -0.00791. The number of ether oxygens (including phenoxy) is 1. The lowest BCUT2D eigenvalue weighted by Gasteiger charge is -2.19. The first-order valence-electron chi connectivity index (χ1n) is 12.2. The van der Waals surface area contributed by atoms with Crippen LogP contribution in [0.1, 0.15) is 63.5 Å². The Balaban J connectivity index is 1.80. The first-order chi connectivity index (χ1) is 16.5. The van der Waals surface area contributed by atoms with Gasteiger partial charge in [0.05, 0.1) is 30.0 Å². The van der Waals surface area contributed by atoms with E-state index in [9.17, 15) is 33.3 Å². The topological polar surface area (TPSA) is 87.0 Å². The molecule has 0 radical (unpaired) electrons. The van der Waals surface area contributed by atoms with E-state index in [-0.39, 0.29) is 30.3 Å². The van der Waals surface area contributed by atoms with Crippen molar-refractivity contribution in [2.75, 3.05) is 0 Å². The number of aliphatic hydroxyl groups excluding tert-OH is 3. The predicted octanol–water partition coefficient (Wildman–Crippen LogP) is 4.98. The molecule has 1 aliphatic rings. The fourth-order valence-corrected chi connectivity index (χ4v) is 4.29. The van der Waals surface area contributed by atoms with Crippen molar-refractivity contribution in [2.45, 2.75) is 89.4 Å². The number of carbonyl (C=O) groups is 1. The molecule has 1 aliphatic carbocycles. The molecule has 0 aliphatic heterocycles. The third-order valence-corrected chi connectivity index (χ3v) is 6.18. The number of hydrogen-bond acceptors (Lipinski definition) is 5. The van der Waals surface area contributed by atoms with E-state index < -0.39 is 30.1 Å². The van der Waals surface area contributed by atoms with Crippen molar-refractivity contribution >= 4 is 5.97 Å². The van der Waals surface area contributed by atoms with Crippen LogP contribution in [0.15, 0.2) is 48.6 Å². The normalized spacial score (nSPS) is 24.0. The Labute approximate surface area is 205 Å². The average molecular weight is 499 g/mol. The fraction of sp³-hybridized carbons (Fsp3) is 0.593. The Hall–Kier alpha value is -2.16. The molecule has 0 bridgehead atoms. The SMILES string of the molecule is CC(C)OC(=O)CCC/C=C\C[C@H]1C(O)CC(O)[C@@H]1/C=C/C(O)CCc1ccc(C(F)(F)F)cc1. The minimum absolute atomic E-state index is 0.123. The molecule has 0 spiro atoms. The monoisotopic (exact) mass is 498 g/mol. The number of aryl methyl sites for hydroxylation is 1. The van der Waals surface area contributed by atoms with E-state index in [0.717, 1.165) is 12.1 Å². The molecular formula is C27H37F3O5. The molecule has 1 aromatic carbocycles. The lowest BCUT2D eigenvalue weighted by molar-refractivity contribution is -0.147. The summed E-state index contributed by atoms with van der Waals surface area (Å²) in [6.45, 7) is 3.62. The van der Waals surface area contributed by atoms with Gasteiger partial charge in [-0.3, -0.25) is 4.79 Å². The van der Waals surface area contributed by atoms with Crippen molar-refractivity contribution in [1.29, 1.82) is 0 Å². The standard InChI is InChI=1S/C27H37F3O5/c1-18(2)35-26(34)8-6-4-3-5-7-22-23(25(33)17-24(22)32)16-15-21(31)14-11-19-9-12-20(13-10-19)27(28,29)30/h3,5,9-10,12-13,15-16,18,21-25,31-33H,4,6-8,11,14,17H2,1-2H3/b5-3-,16-15+/t21?,22-,23-,24?,25?/m1/s1. The highest BCUT2D eigenvalue weighted by atomic mass is 19.4. The molecule has 0 aromatic heterocycles. The number of halogens is 3. The first-order valence-corrected chi connectivity index (χ1v) is 12.2. The summed E-state index contributed by atoms with van der Waals surface area (Å²) in [5.74, 6) is -0.716. The maximum atomic E-state index is 12.7. The van der Waals surface area contributed by atoms with Gasteiger partial charge in [0, 0.05) is 18.8 Å². The maximum Gasteiger partial charge on any atom is 0.416 e. The number of esters is 1. The van der Waals surface area contributed by atoms with Crippen LogP contribution in [0.2, 0.25) is 0 Å². The van der Waals surface area contributed by atoms with Crippen molar-refractivity contribution in [1.82, 2.24) is 0 Å². The highest BCUT2D eigenvalue weighted by Crippen LogP contribution is 2.36. The molecule has 196 valence electrons. The van der Waals surface area contributed by atoms with Gasteiger partial charge in [-0.1, -0.05) is 36.4 Å². The van der Waals surface area contributed by atoms with Crippen molar-refractivity contribution in [3.05, 3.63) is 59.7 Å². The largest absolute Gasteiger partial charge is 0.463 e. The van der Waals surface area contributed by atoms with Crippen LogP contribution < -0.4 is 0 Å². The van der Waals surface area contributed by atoms with Gasteiger partial charge < -0.3 is 20.1 Å². The van der Waals surface area contributed by atoms with Gasteiger partial charge in [0.25, 0.3) is 0 Å². The Morgan fingerprint density at radius 2 is 1.83 bits per heavy atom. The molecule has 1 aromatic rings. The lowest BCUT2D eigenvalue weighted by atomic mass is 9.89. The van der Waals surface area contributed by atoms with E-state index in [1.54, 1.807) is 12.2 Å². The molecule has 0 amide bonds. The third kappa shape index (κ3) is 10.2. The molecule has 1 fully saturated rings. The Morgan fingerprint density at radius 3 is 2.46 bits per heavy atom. The van der Waals surface area contributed by atoms with Gasteiger partial charge in [-0.25, -0.2) is 0 Å². The Kier molecular flexibility index (Phi) is 11.5. The number of hydrogen-bond donors (Lipinski definition) is 3. The molecule has 5 atom stereocenters. The van der Waals surface area contributed by atoms with Crippen LogP contribution in [-0.4, -0.2) is 45.7 Å². The molecule has 35 heavy (non-hydrogen) atoms. The zero-order valence-corrected chi connectivity index (χ0v) is 20.3. The number of alkyl halides is 3. The van der Waals surface area contributed by atoms with Crippen LogP contribution >= 0.6 is 0 Å².